The van der Waals surface area contributed by atoms with Gasteiger partial charge in [0.1, 0.15) is 0 Å². The molecule has 0 unspecified atom stereocenters. The van der Waals surface area contributed by atoms with Gasteiger partial charge in [0, 0.05) is 18.4 Å². The molecule has 0 radical (unpaired) electrons. The highest BCUT2D eigenvalue weighted by atomic mass is 16.5. The molecule has 0 aliphatic carbocycles. The topological polar surface area (TPSA) is 83.8 Å². The summed E-state index contributed by atoms with van der Waals surface area (Å²) >= 11 is 0. The van der Waals surface area contributed by atoms with Gasteiger partial charge in [0.2, 0.25) is 0 Å². The number of hydrogen-bond donors (Lipinski definition) is 2. The van der Waals surface area contributed by atoms with Crippen molar-refractivity contribution in [3.05, 3.63) is 23.8 Å². The Bertz CT molecular complexity index is 425. The van der Waals surface area contributed by atoms with Gasteiger partial charge in [-0.05, 0) is 24.6 Å². The normalized spacial score (nSPS) is 9.94. The summed E-state index contributed by atoms with van der Waals surface area (Å²) in [7, 11) is 1.40. The second kappa shape index (κ2) is 5.89. The minimum atomic E-state index is -0.916. The number of rotatable bonds is 6. The molecule has 5 heteroatoms. The van der Waals surface area contributed by atoms with Crippen LogP contribution in [0, 0.1) is 0 Å². The maximum absolute atomic E-state index is 11.7. The zero-order valence-electron chi connectivity index (χ0n) is 9.47. The van der Waals surface area contributed by atoms with E-state index in [1.54, 1.807) is 0 Å². The third-order valence-electron chi connectivity index (χ3n) is 2.30. The van der Waals surface area contributed by atoms with Crippen LogP contribution in [-0.2, 0) is 4.79 Å². The lowest BCUT2D eigenvalue weighted by molar-refractivity contribution is -0.137. The van der Waals surface area contributed by atoms with Gasteiger partial charge in [0.05, 0.1) is 7.11 Å². The number of carboxylic acid groups (broad SMARTS) is 1. The van der Waals surface area contributed by atoms with Crippen molar-refractivity contribution in [1.29, 1.82) is 0 Å². The Labute approximate surface area is 98.6 Å². The van der Waals surface area contributed by atoms with Crippen LogP contribution in [-0.4, -0.2) is 29.1 Å². The first-order chi connectivity index (χ1) is 8.04. The van der Waals surface area contributed by atoms with E-state index in [0.717, 1.165) is 0 Å². The van der Waals surface area contributed by atoms with Crippen molar-refractivity contribution in [2.24, 2.45) is 0 Å². The predicted molar refractivity (Wildman–Crippen MR) is 60.5 cm³/mol. The minimum absolute atomic E-state index is 0.0268. The molecule has 0 fully saturated rings. The number of ketones is 1. The van der Waals surface area contributed by atoms with Gasteiger partial charge in [0.15, 0.2) is 17.3 Å². The number of Topliss-reactive ketones (excluding diaryl/α,β-unsaturated/α-hetero) is 1. The number of phenols is 1. The average Bonchev–Trinajstić information content (AvgIpc) is 2.29. The van der Waals surface area contributed by atoms with Crippen molar-refractivity contribution in [1.82, 2.24) is 0 Å². The quantitative estimate of drug-likeness (QED) is 0.739. The highest BCUT2D eigenvalue weighted by Gasteiger charge is 2.10. The first-order valence-electron chi connectivity index (χ1n) is 5.16. The number of phenolic OH excluding ortho intramolecular Hbond substituents is 1. The molecule has 92 valence electrons. The SMILES string of the molecule is COc1cc(C(=O)CCCC(=O)O)ccc1O. The van der Waals surface area contributed by atoms with Crippen LogP contribution in [0.25, 0.3) is 0 Å². The summed E-state index contributed by atoms with van der Waals surface area (Å²) in [6.45, 7) is 0. The van der Waals surface area contributed by atoms with Crippen LogP contribution < -0.4 is 4.74 Å². The molecular weight excluding hydrogens is 224 g/mol. The van der Waals surface area contributed by atoms with Crippen molar-refractivity contribution < 1.29 is 24.5 Å². The number of carbonyl (C=O) groups is 2. The van der Waals surface area contributed by atoms with Gasteiger partial charge in [-0.1, -0.05) is 0 Å². The number of aliphatic carboxylic acids is 1. The van der Waals surface area contributed by atoms with Gasteiger partial charge in [-0.3, -0.25) is 9.59 Å². The largest absolute Gasteiger partial charge is 0.504 e. The maximum Gasteiger partial charge on any atom is 0.303 e. The number of methoxy groups -OCH3 is 1. The third kappa shape index (κ3) is 3.79. The molecule has 0 amide bonds. The smallest absolute Gasteiger partial charge is 0.303 e. The lowest BCUT2D eigenvalue weighted by Crippen LogP contribution is -2.02. The molecule has 0 aromatic heterocycles. The summed E-state index contributed by atoms with van der Waals surface area (Å²) in [5.41, 5.74) is 0.407. The summed E-state index contributed by atoms with van der Waals surface area (Å²) in [6, 6.07) is 4.31. The second-order valence-corrected chi connectivity index (χ2v) is 3.56. The van der Waals surface area contributed by atoms with Crippen molar-refractivity contribution in [3.8, 4) is 11.5 Å². The van der Waals surface area contributed by atoms with Gasteiger partial charge >= 0.3 is 5.97 Å². The van der Waals surface area contributed by atoms with E-state index in [-0.39, 0.29) is 30.1 Å². The van der Waals surface area contributed by atoms with E-state index in [1.165, 1.54) is 25.3 Å². The molecule has 0 atom stereocenters. The van der Waals surface area contributed by atoms with E-state index in [9.17, 15) is 14.7 Å². The van der Waals surface area contributed by atoms with Crippen LogP contribution in [0.4, 0.5) is 0 Å². The van der Waals surface area contributed by atoms with E-state index < -0.39 is 5.97 Å². The van der Waals surface area contributed by atoms with Crippen molar-refractivity contribution in [2.45, 2.75) is 19.3 Å². The van der Waals surface area contributed by atoms with Gasteiger partial charge in [-0.25, -0.2) is 0 Å². The first-order valence-corrected chi connectivity index (χ1v) is 5.16. The summed E-state index contributed by atoms with van der Waals surface area (Å²) in [6.07, 6.45) is 0.443. The Morgan fingerprint density at radius 2 is 2.00 bits per heavy atom. The fourth-order valence-corrected chi connectivity index (χ4v) is 1.40. The molecule has 0 bridgehead atoms. The molecule has 0 saturated carbocycles. The second-order valence-electron chi connectivity index (χ2n) is 3.56. The summed E-state index contributed by atoms with van der Waals surface area (Å²) in [4.78, 5) is 22.0. The number of benzene rings is 1. The molecule has 0 heterocycles. The molecule has 1 rings (SSSR count). The van der Waals surface area contributed by atoms with Crippen LogP contribution in [0.15, 0.2) is 18.2 Å². The molecule has 2 N–H and O–H groups in total. The Hall–Kier alpha value is -2.04. The number of aromatic hydroxyl groups is 1. The van der Waals surface area contributed by atoms with Gasteiger partial charge in [-0.15, -0.1) is 0 Å². The molecule has 0 spiro atoms. The lowest BCUT2D eigenvalue weighted by Gasteiger charge is -2.05. The summed E-state index contributed by atoms with van der Waals surface area (Å²) < 4.78 is 4.88. The lowest BCUT2D eigenvalue weighted by atomic mass is 10.0. The Morgan fingerprint density at radius 1 is 1.29 bits per heavy atom. The molecule has 0 aliphatic heterocycles. The van der Waals surface area contributed by atoms with Crippen molar-refractivity contribution in [2.75, 3.05) is 7.11 Å². The molecule has 1 aromatic carbocycles. The Balaban J connectivity index is 2.66. The Morgan fingerprint density at radius 3 is 2.59 bits per heavy atom. The molecule has 5 nitrogen and oxygen atoms in total. The fourth-order valence-electron chi connectivity index (χ4n) is 1.40. The van der Waals surface area contributed by atoms with Crippen LogP contribution in [0.2, 0.25) is 0 Å². The van der Waals surface area contributed by atoms with E-state index in [4.69, 9.17) is 9.84 Å². The molecule has 1 aromatic rings. The number of carbonyl (C=O) groups excluding carboxylic acids is 1. The van der Waals surface area contributed by atoms with E-state index in [1.807, 2.05) is 0 Å². The first kappa shape index (κ1) is 13.0. The highest BCUT2D eigenvalue weighted by Crippen LogP contribution is 2.26. The van der Waals surface area contributed by atoms with Crippen molar-refractivity contribution in [3.63, 3.8) is 0 Å². The average molecular weight is 238 g/mol. The van der Waals surface area contributed by atoms with E-state index in [0.29, 0.717) is 12.0 Å². The Kier molecular flexibility index (Phi) is 4.51. The van der Waals surface area contributed by atoms with Crippen LogP contribution in [0.5, 0.6) is 11.5 Å². The molecule has 0 saturated heterocycles. The van der Waals surface area contributed by atoms with Gasteiger partial charge < -0.3 is 14.9 Å². The molecule has 17 heavy (non-hydrogen) atoms. The van der Waals surface area contributed by atoms with E-state index >= 15 is 0 Å². The zero-order valence-corrected chi connectivity index (χ0v) is 9.47. The monoisotopic (exact) mass is 238 g/mol. The number of carboxylic acids is 1. The maximum atomic E-state index is 11.7. The third-order valence-corrected chi connectivity index (χ3v) is 2.30. The van der Waals surface area contributed by atoms with Crippen molar-refractivity contribution >= 4 is 11.8 Å². The van der Waals surface area contributed by atoms with Gasteiger partial charge in [-0.2, -0.15) is 0 Å². The fraction of sp³-hybridized carbons (Fsp3) is 0.333. The number of hydrogen-bond acceptors (Lipinski definition) is 4. The van der Waals surface area contributed by atoms with Crippen LogP contribution in [0.1, 0.15) is 29.6 Å². The summed E-state index contributed by atoms with van der Waals surface area (Å²) in [5, 5.41) is 17.8. The predicted octanol–water partition coefficient (Wildman–Crippen LogP) is 1.84. The minimum Gasteiger partial charge on any atom is -0.504 e. The van der Waals surface area contributed by atoms with Crippen LogP contribution in [0.3, 0.4) is 0 Å². The highest BCUT2D eigenvalue weighted by molar-refractivity contribution is 5.96. The molecular formula is C12H14O5. The molecule has 0 aliphatic rings. The zero-order chi connectivity index (χ0) is 12.8. The van der Waals surface area contributed by atoms with Crippen LogP contribution >= 0.6 is 0 Å². The summed E-state index contributed by atoms with van der Waals surface area (Å²) in [5.74, 6) is -0.880. The van der Waals surface area contributed by atoms with E-state index in [2.05, 4.69) is 0 Å². The van der Waals surface area contributed by atoms with Gasteiger partial charge in [0.25, 0.3) is 0 Å². The number of ether oxygens (including phenoxy) is 1. The standard InChI is InChI=1S/C12H14O5/c1-17-11-7-8(5-6-10(11)14)9(13)3-2-4-12(15)16/h5-7,14H,2-4H2,1H3,(H,15,16).